The van der Waals surface area contributed by atoms with Crippen LogP contribution >= 0.6 is 0 Å². The van der Waals surface area contributed by atoms with Crippen LogP contribution in [0, 0.1) is 67.0 Å². The van der Waals surface area contributed by atoms with Gasteiger partial charge in [0.05, 0.1) is 49.2 Å². The third-order valence-corrected chi connectivity index (χ3v) is 27.4. The number of fused-ring (bicyclic) bond motifs is 4. The quantitative estimate of drug-likeness (QED) is 0.278. The molecule has 19 nitrogen and oxygen atoms in total. The van der Waals surface area contributed by atoms with E-state index in [1.54, 1.807) is 0 Å². The Morgan fingerprint density at radius 1 is 0.352 bits per heavy atom. The zero-order chi connectivity index (χ0) is 49.2. The van der Waals surface area contributed by atoms with Crippen LogP contribution in [0.1, 0.15) is 132 Å². The van der Waals surface area contributed by atoms with E-state index in [4.69, 9.17) is 20.0 Å². The minimum absolute atomic E-state index is 0. The van der Waals surface area contributed by atoms with E-state index in [-0.39, 0.29) is 87.3 Å². The van der Waals surface area contributed by atoms with Gasteiger partial charge in [0.15, 0.2) is 0 Å². The first-order valence-electron chi connectivity index (χ1n) is 25.5. The van der Waals surface area contributed by atoms with Crippen molar-refractivity contribution in [1.82, 2.24) is 18.9 Å². The number of nitrogens with zero attached hydrogens (tertiary/aromatic N) is 4. The van der Waals surface area contributed by atoms with Gasteiger partial charge in [-0.1, -0.05) is 55.4 Å². The van der Waals surface area contributed by atoms with Gasteiger partial charge in [0.25, 0.3) is 0 Å². The highest BCUT2D eigenvalue weighted by Crippen LogP contribution is 2.68. The van der Waals surface area contributed by atoms with Crippen molar-refractivity contribution < 1.29 is 50.1 Å². The van der Waals surface area contributed by atoms with E-state index in [0.29, 0.717) is 49.9 Å². The highest BCUT2D eigenvalue weighted by molar-refractivity contribution is 7.90. The Hall–Kier alpha value is -1.80. The fourth-order valence-corrected chi connectivity index (χ4v) is 23.9. The van der Waals surface area contributed by atoms with Gasteiger partial charge in [-0.25, -0.2) is 52.6 Å². The Bertz CT molecular complexity index is 2290. The summed E-state index contributed by atoms with van der Waals surface area (Å²) in [4.78, 5) is 19.9. The largest absolute Gasteiger partial charge is 0.412 e. The van der Waals surface area contributed by atoms with Crippen molar-refractivity contribution in [3.8, 4) is 0 Å². The van der Waals surface area contributed by atoms with Gasteiger partial charge in [-0.3, -0.25) is 20.0 Å². The maximum absolute atomic E-state index is 13.1. The second kappa shape index (κ2) is 19.3. The lowest BCUT2D eigenvalue weighted by Gasteiger charge is -2.38. The zero-order valence-corrected chi connectivity index (χ0v) is 46.7. The number of hydrogen-bond donors (Lipinski definition) is 4. The molecule has 2 aliphatic heterocycles. The van der Waals surface area contributed by atoms with Crippen molar-refractivity contribution in [2.75, 3.05) is 75.4 Å². The molecule has 0 radical (unpaired) electrons. The molecule has 8 atom stereocenters. The van der Waals surface area contributed by atoms with Gasteiger partial charge in [0, 0.05) is 70.7 Å². The standard InChI is InChI=1S/2C24H40N4O4S2.3H2O/c2*1-21(2)17-5-7-23(21)15-33(29,30)27-11-12-28-34(31,32)16-24-8-6-18(22(24,3)4)14-20(24)26-10-9-25-19(23)13-17;;;/h2*17-18,27-28H,5-16H2,1-4H3;3*1H2/t2*17-,18-,23-,24-;;;/m11.../s1. The Kier molecular flexibility index (Phi) is 15.9. The minimum Gasteiger partial charge on any atom is -0.412 e. The van der Waals surface area contributed by atoms with E-state index in [2.05, 4.69) is 74.3 Å². The van der Waals surface area contributed by atoms with Gasteiger partial charge in [-0.2, -0.15) is 0 Å². The molecule has 8 bridgehead atoms. The average Bonchev–Trinajstić information content (AvgIpc) is 4.00. The van der Waals surface area contributed by atoms with Gasteiger partial charge < -0.3 is 16.4 Å². The summed E-state index contributed by atoms with van der Waals surface area (Å²) in [5, 5.41) is 0. The normalized spacial score (nSPS) is 40.7. The summed E-state index contributed by atoms with van der Waals surface area (Å²) in [7, 11) is -14.4. The lowest BCUT2D eigenvalue weighted by atomic mass is 9.70. The van der Waals surface area contributed by atoms with Crippen LogP contribution in [0.15, 0.2) is 20.0 Å². The summed E-state index contributed by atoms with van der Waals surface area (Å²) in [6, 6.07) is 0. The molecule has 2 heterocycles. The molecule has 23 heteroatoms. The topological polar surface area (TPSA) is 329 Å². The Balaban J connectivity index is 0.000000223. The van der Waals surface area contributed by atoms with Crippen LogP contribution in [0.3, 0.4) is 0 Å². The second-order valence-electron chi connectivity index (χ2n) is 24.9. The third-order valence-electron chi connectivity index (χ3n) is 21.4. The first-order valence-corrected chi connectivity index (χ1v) is 32.2. The molecule has 0 saturated heterocycles. The summed E-state index contributed by atoms with van der Waals surface area (Å²) in [5.74, 6) is 1.89. The van der Waals surface area contributed by atoms with Crippen LogP contribution < -0.4 is 18.9 Å². The maximum Gasteiger partial charge on any atom is 0.212 e. The van der Waals surface area contributed by atoms with Gasteiger partial charge >= 0.3 is 0 Å². The predicted octanol–water partition coefficient (Wildman–Crippen LogP) is 2.27. The van der Waals surface area contributed by atoms with Crippen LogP contribution in [0.2, 0.25) is 0 Å². The van der Waals surface area contributed by atoms with Crippen molar-refractivity contribution in [2.24, 2.45) is 87.0 Å². The van der Waals surface area contributed by atoms with E-state index in [1.807, 2.05) is 0 Å². The summed E-state index contributed by atoms with van der Waals surface area (Å²) < 4.78 is 116. The Morgan fingerprint density at radius 3 is 0.704 bits per heavy atom. The van der Waals surface area contributed by atoms with Crippen LogP contribution in [0.25, 0.3) is 0 Å². The molecular weight excluding hydrogens is 993 g/mol. The highest BCUT2D eigenvalue weighted by Gasteiger charge is 2.67. The highest BCUT2D eigenvalue weighted by atomic mass is 32.2. The molecule has 0 aromatic rings. The summed E-state index contributed by atoms with van der Waals surface area (Å²) in [6.07, 6.45) is 11.0. The summed E-state index contributed by atoms with van der Waals surface area (Å²) in [6.45, 7) is 19.8. The molecule has 0 aromatic carbocycles. The van der Waals surface area contributed by atoms with Gasteiger partial charge in [-0.05, 0) is 122 Å². The molecule has 8 fully saturated rings. The maximum atomic E-state index is 13.1. The molecule has 4 spiro atoms. The van der Waals surface area contributed by atoms with Crippen molar-refractivity contribution in [3.63, 3.8) is 0 Å². The van der Waals surface area contributed by atoms with E-state index >= 15 is 0 Å². The molecule has 8 saturated carbocycles. The van der Waals surface area contributed by atoms with Crippen LogP contribution in [-0.2, 0) is 40.1 Å². The second-order valence-corrected chi connectivity index (χ2v) is 32.1. The van der Waals surface area contributed by atoms with Crippen LogP contribution in [0.4, 0.5) is 0 Å². The molecule has 10 N–H and O–H groups in total. The van der Waals surface area contributed by atoms with Crippen LogP contribution in [0.5, 0.6) is 0 Å². The van der Waals surface area contributed by atoms with E-state index in [1.165, 1.54) is 0 Å². The van der Waals surface area contributed by atoms with Crippen molar-refractivity contribution in [3.05, 3.63) is 0 Å². The molecule has 10 aliphatic rings. The monoisotopic (exact) mass is 1080 g/mol. The smallest absolute Gasteiger partial charge is 0.212 e. The Morgan fingerprint density at radius 2 is 0.535 bits per heavy atom. The van der Waals surface area contributed by atoms with Crippen molar-refractivity contribution >= 4 is 62.9 Å². The molecule has 8 aliphatic carbocycles. The number of aliphatic imine (C=N–C) groups is 4. The van der Waals surface area contributed by atoms with E-state index < -0.39 is 61.8 Å². The molecule has 0 unspecified atom stereocenters. The number of nitrogens with one attached hydrogen (secondary N) is 4. The molecule has 408 valence electrons. The van der Waals surface area contributed by atoms with Gasteiger partial charge in [-0.15, -0.1) is 0 Å². The molecule has 0 aromatic heterocycles. The van der Waals surface area contributed by atoms with Crippen molar-refractivity contribution in [1.29, 1.82) is 0 Å². The molecule has 10 rings (SSSR count). The van der Waals surface area contributed by atoms with E-state index in [0.717, 1.165) is 99.9 Å². The third kappa shape index (κ3) is 9.41. The lowest BCUT2D eigenvalue weighted by molar-refractivity contribution is 0.195. The SMILES string of the molecule is CC1(C)[C@@H]2CC[C@]13CS(=O)(=O)NCCNS(=O)(=O)C[C@]14CC[C@H](CC1=NCCN=C3C2)C4(C)C.CC1(C)[C@@H]2CC[C@]13CS(=O)(=O)NCCNS(=O)(=O)C[C@]14CC[C@H](CC1=NCCN=C3C2)C4(C)C.O.O.O. The van der Waals surface area contributed by atoms with Crippen molar-refractivity contribution in [2.45, 2.75) is 132 Å². The van der Waals surface area contributed by atoms with Gasteiger partial charge in [0.1, 0.15) is 0 Å². The zero-order valence-electron chi connectivity index (χ0n) is 43.5. The first kappa shape index (κ1) is 58.5. The molecule has 71 heavy (non-hydrogen) atoms. The Labute approximate surface area is 424 Å². The minimum atomic E-state index is -3.59. The molecular formula is C48H86N8O11S4. The predicted molar refractivity (Wildman–Crippen MR) is 281 cm³/mol. The van der Waals surface area contributed by atoms with E-state index in [9.17, 15) is 33.7 Å². The first-order chi connectivity index (χ1) is 31.5. The fraction of sp³-hybridized carbons (Fsp3) is 0.917. The summed E-state index contributed by atoms with van der Waals surface area (Å²) in [5.41, 5.74) is 1.87. The average molecular weight is 1080 g/mol. The molecule has 0 amide bonds. The van der Waals surface area contributed by atoms with Gasteiger partial charge in [0.2, 0.25) is 40.1 Å². The lowest BCUT2D eigenvalue weighted by Crippen LogP contribution is -2.48. The number of sulfonamides is 4. The number of rotatable bonds is 0. The number of hydrogen-bond acceptors (Lipinski definition) is 12. The summed E-state index contributed by atoms with van der Waals surface area (Å²) >= 11 is 0. The van der Waals surface area contributed by atoms with Crippen LogP contribution in [-0.4, -0.2) is 148 Å². The fourth-order valence-electron chi connectivity index (χ4n) is 16.5.